The van der Waals surface area contributed by atoms with Crippen LogP contribution in [0.5, 0.6) is 0 Å². The highest BCUT2D eigenvalue weighted by molar-refractivity contribution is 7.85. The number of carbonyl (C=O) groups excluding carboxylic acids is 2. The molecule has 0 aliphatic rings. The van der Waals surface area contributed by atoms with Crippen LogP contribution in [0, 0.1) is 6.92 Å². The fourth-order valence-electron chi connectivity index (χ4n) is 1.35. The van der Waals surface area contributed by atoms with Crippen molar-refractivity contribution in [3.05, 3.63) is 22.7 Å². The molecular formula is C11H12ClNO5S. The Balaban J connectivity index is 3.17. The SMILES string of the molecule is CC(=O)CC(=O)Nc1cc(S(=O)(=O)O)cc(Cl)c1C. The fourth-order valence-corrected chi connectivity index (χ4v) is 2.17. The van der Waals surface area contributed by atoms with Gasteiger partial charge in [0.1, 0.15) is 5.78 Å². The lowest BCUT2D eigenvalue weighted by molar-refractivity contribution is -0.124. The molecule has 0 heterocycles. The maximum absolute atomic E-state index is 11.5. The van der Waals surface area contributed by atoms with Gasteiger partial charge in [0.15, 0.2) is 0 Å². The van der Waals surface area contributed by atoms with E-state index in [1.807, 2.05) is 0 Å². The third kappa shape index (κ3) is 4.30. The predicted octanol–water partition coefficient (Wildman–Crippen LogP) is 1.81. The summed E-state index contributed by atoms with van der Waals surface area (Å²) >= 11 is 5.82. The van der Waals surface area contributed by atoms with Crippen LogP contribution in [0.15, 0.2) is 17.0 Å². The maximum atomic E-state index is 11.5. The zero-order valence-electron chi connectivity index (χ0n) is 10.2. The molecule has 0 unspecified atom stereocenters. The van der Waals surface area contributed by atoms with Gasteiger partial charge in [-0.2, -0.15) is 8.42 Å². The van der Waals surface area contributed by atoms with Crippen LogP contribution in [0.25, 0.3) is 0 Å². The Labute approximate surface area is 115 Å². The minimum atomic E-state index is -4.43. The van der Waals surface area contributed by atoms with Gasteiger partial charge in [-0.3, -0.25) is 14.1 Å². The smallest absolute Gasteiger partial charge is 0.294 e. The van der Waals surface area contributed by atoms with Crippen LogP contribution < -0.4 is 5.32 Å². The van der Waals surface area contributed by atoms with Crippen molar-refractivity contribution in [2.24, 2.45) is 0 Å². The van der Waals surface area contributed by atoms with E-state index in [2.05, 4.69) is 5.32 Å². The molecule has 1 rings (SSSR count). The lowest BCUT2D eigenvalue weighted by atomic mass is 10.2. The van der Waals surface area contributed by atoms with E-state index in [1.54, 1.807) is 6.92 Å². The molecule has 0 fully saturated rings. The van der Waals surface area contributed by atoms with Crippen molar-refractivity contribution >= 4 is 39.1 Å². The Morgan fingerprint density at radius 2 is 1.95 bits per heavy atom. The van der Waals surface area contributed by atoms with E-state index >= 15 is 0 Å². The normalized spacial score (nSPS) is 11.2. The van der Waals surface area contributed by atoms with Gasteiger partial charge in [0.05, 0.1) is 11.3 Å². The molecule has 6 nitrogen and oxygen atoms in total. The van der Waals surface area contributed by atoms with Crippen molar-refractivity contribution in [1.29, 1.82) is 0 Å². The number of amides is 1. The second kappa shape index (κ2) is 5.68. The van der Waals surface area contributed by atoms with Gasteiger partial charge in [0, 0.05) is 10.7 Å². The lowest BCUT2D eigenvalue weighted by Crippen LogP contribution is -2.16. The molecule has 8 heteroatoms. The summed E-state index contributed by atoms with van der Waals surface area (Å²) in [5, 5.41) is 2.45. The van der Waals surface area contributed by atoms with Crippen molar-refractivity contribution in [3.63, 3.8) is 0 Å². The molecule has 0 atom stereocenters. The Bertz CT molecular complexity index is 639. The van der Waals surface area contributed by atoms with Crippen LogP contribution in [-0.4, -0.2) is 24.7 Å². The van der Waals surface area contributed by atoms with Crippen LogP contribution in [-0.2, 0) is 19.7 Å². The average molecular weight is 306 g/mol. The third-order valence-corrected chi connectivity index (χ3v) is 3.52. The second-order valence-corrected chi connectivity index (χ2v) is 5.81. The summed E-state index contributed by atoms with van der Waals surface area (Å²) in [6.07, 6.45) is -0.326. The van der Waals surface area contributed by atoms with Crippen molar-refractivity contribution in [3.8, 4) is 0 Å². The number of Topliss-reactive ketones (excluding diaryl/α,β-unsaturated/α-hetero) is 1. The van der Waals surface area contributed by atoms with Crippen molar-refractivity contribution < 1.29 is 22.6 Å². The van der Waals surface area contributed by atoms with Crippen molar-refractivity contribution in [2.75, 3.05) is 5.32 Å². The zero-order chi connectivity index (χ0) is 14.8. The van der Waals surface area contributed by atoms with E-state index in [1.165, 1.54) is 6.92 Å². The number of benzene rings is 1. The Morgan fingerprint density at radius 1 is 1.37 bits per heavy atom. The molecule has 0 saturated heterocycles. The van der Waals surface area contributed by atoms with Crippen LogP contribution in [0.1, 0.15) is 18.9 Å². The first-order chi connectivity index (χ1) is 8.61. The van der Waals surface area contributed by atoms with Crippen molar-refractivity contribution in [2.45, 2.75) is 25.2 Å². The van der Waals surface area contributed by atoms with Crippen molar-refractivity contribution in [1.82, 2.24) is 0 Å². The molecule has 0 radical (unpaired) electrons. The third-order valence-electron chi connectivity index (χ3n) is 2.30. The summed E-state index contributed by atoms with van der Waals surface area (Å²) in [6.45, 7) is 2.83. The molecule has 0 saturated carbocycles. The highest BCUT2D eigenvalue weighted by Crippen LogP contribution is 2.28. The molecule has 0 aromatic heterocycles. The van der Waals surface area contributed by atoms with E-state index in [0.717, 1.165) is 12.1 Å². The van der Waals surface area contributed by atoms with Gasteiger partial charge >= 0.3 is 0 Å². The minimum Gasteiger partial charge on any atom is -0.325 e. The number of hydrogen-bond donors (Lipinski definition) is 2. The minimum absolute atomic E-state index is 0.0771. The van der Waals surface area contributed by atoms with Gasteiger partial charge < -0.3 is 5.32 Å². The molecule has 0 spiro atoms. The molecular weight excluding hydrogens is 294 g/mol. The molecule has 19 heavy (non-hydrogen) atoms. The van der Waals surface area contributed by atoms with Gasteiger partial charge in [-0.15, -0.1) is 0 Å². The number of hydrogen-bond acceptors (Lipinski definition) is 4. The predicted molar refractivity (Wildman–Crippen MR) is 69.9 cm³/mol. The molecule has 0 aliphatic heterocycles. The van der Waals surface area contributed by atoms with Crippen LogP contribution in [0.3, 0.4) is 0 Å². The lowest BCUT2D eigenvalue weighted by Gasteiger charge is -2.11. The van der Waals surface area contributed by atoms with Gasteiger partial charge in [-0.25, -0.2) is 0 Å². The number of carbonyl (C=O) groups is 2. The number of rotatable bonds is 4. The number of nitrogens with one attached hydrogen (secondary N) is 1. The first kappa shape index (κ1) is 15.6. The van der Waals surface area contributed by atoms with Crippen LogP contribution in [0.2, 0.25) is 5.02 Å². The Hall–Kier alpha value is -1.44. The van der Waals surface area contributed by atoms with E-state index in [9.17, 15) is 18.0 Å². The summed E-state index contributed by atoms with van der Waals surface area (Å²) < 4.78 is 31.0. The fraction of sp³-hybridized carbons (Fsp3) is 0.273. The van der Waals surface area contributed by atoms with E-state index in [4.69, 9.17) is 16.2 Å². The number of ketones is 1. The van der Waals surface area contributed by atoms with Gasteiger partial charge in [-0.1, -0.05) is 11.6 Å². The standard InChI is InChI=1S/C11H12ClNO5S/c1-6(14)3-11(15)13-10-5-8(19(16,17)18)4-9(12)7(10)2/h4-5H,3H2,1-2H3,(H,13,15)(H,16,17,18). The molecule has 0 aliphatic carbocycles. The molecule has 0 bridgehead atoms. The quantitative estimate of drug-likeness (QED) is 0.652. The summed E-state index contributed by atoms with van der Waals surface area (Å²) in [6, 6.07) is 2.15. The van der Waals surface area contributed by atoms with Gasteiger partial charge in [-0.05, 0) is 31.5 Å². The van der Waals surface area contributed by atoms with E-state index in [-0.39, 0.29) is 22.9 Å². The Kier molecular flexibility index (Phi) is 4.67. The molecule has 1 aromatic carbocycles. The highest BCUT2D eigenvalue weighted by atomic mass is 35.5. The summed E-state index contributed by atoms with van der Waals surface area (Å²) in [4.78, 5) is 21.8. The Morgan fingerprint density at radius 3 is 2.42 bits per heavy atom. The maximum Gasteiger partial charge on any atom is 0.294 e. The van der Waals surface area contributed by atoms with Gasteiger partial charge in [0.25, 0.3) is 10.1 Å². The van der Waals surface area contributed by atoms with E-state index < -0.39 is 20.9 Å². The number of halogens is 1. The van der Waals surface area contributed by atoms with Crippen LogP contribution in [0.4, 0.5) is 5.69 Å². The topological polar surface area (TPSA) is 101 Å². The second-order valence-electron chi connectivity index (χ2n) is 3.98. The molecule has 1 aromatic rings. The average Bonchev–Trinajstić information content (AvgIpc) is 2.21. The monoisotopic (exact) mass is 305 g/mol. The first-order valence-corrected chi connectivity index (χ1v) is 7.00. The molecule has 1 amide bonds. The first-order valence-electron chi connectivity index (χ1n) is 5.18. The molecule has 104 valence electrons. The summed E-state index contributed by atoms with van der Waals surface area (Å²) in [5.41, 5.74) is 0.567. The largest absolute Gasteiger partial charge is 0.325 e. The number of anilines is 1. The summed E-state index contributed by atoms with van der Waals surface area (Å²) in [5.74, 6) is -0.911. The highest BCUT2D eigenvalue weighted by Gasteiger charge is 2.16. The van der Waals surface area contributed by atoms with E-state index in [0.29, 0.717) is 5.56 Å². The molecule has 2 N–H and O–H groups in total. The van der Waals surface area contributed by atoms with Crippen LogP contribution >= 0.6 is 11.6 Å². The van der Waals surface area contributed by atoms with Gasteiger partial charge in [0.2, 0.25) is 5.91 Å². The zero-order valence-corrected chi connectivity index (χ0v) is 11.8. The summed E-state index contributed by atoms with van der Waals surface area (Å²) in [7, 11) is -4.43.